The molecule has 0 heterocycles. The second-order valence-electron chi connectivity index (χ2n) is 4.34. The molecule has 1 N–H and O–H groups in total. The van der Waals surface area contributed by atoms with E-state index in [0.717, 1.165) is 12.0 Å². The van der Waals surface area contributed by atoms with Crippen molar-refractivity contribution in [2.45, 2.75) is 38.9 Å². The zero-order valence-electron chi connectivity index (χ0n) is 11.4. The lowest BCUT2D eigenvalue weighted by Gasteiger charge is -2.10. The first-order chi connectivity index (χ1) is 9.22. The third-order valence-corrected chi connectivity index (χ3v) is 2.65. The Morgan fingerprint density at radius 1 is 1.32 bits per heavy atom. The number of rotatable bonds is 9. The first kappa shape index (κ1) is 15.7. The van der Waals surface area contributed by atoms with Crippen molar-refractivity contribution in [1.29, 1.82) is 0 Å². The molecule has 4 nitrogen and oxygen atoms in total. The van der Waals surface area contributed by atoms with E-state index in [1.165, 1.54) is 0 Å². The summed E-state index contributed by atoms with van der Waals surface area (Å²) in [5, 5.41) is 9.61. The van der Waals surface area contributed by atoms with Crippen molar-refractivity contribution in [3.8, 4) is 0 Å². The van der Waals surface area contributed by atoms with E-state index >= 15 is 0 Å². The highest BCUT2D eigenvalue weighted by atomic mass is 16.5. The molecule has 0 aliphatic rings. The van der Waals surface area contributed by atoms with Crippen LogP contribution >= 0.6 is 0 Å². The molecule has 0 radical (unpaired) electrons. The van der Waals surface area contributed by atoms with E-state index in [2.05, 4.69) is 0 Å². The largest absolute Gasteiger partial charge is 0.466 e. The van der Waals surface area contributed by atoms with Crippen LogP contribution in [0.3, 0.4) is 0 Å². The monoisotopic (exact) mass is 266 g/mol. The second-order valence-corrected chi connectivity index (χ2v) is 4.34. The minimum absolute atomic E-state index is 0.0620. The molecule has 1 unspecified atom stereocenters. The van der Waals surface area contributed by atoms with Gasteiger partial charge in [-0.3, -0.25) is 4.79 Å². The molecule has 19 heavy (non-hydrogen) atoms. The first-order valence-electron chi connectivity index (χ1n) is 6.67. The minimum Gasteiger partial charge on any atom is -0.466 e. The predicted molar refractivity (Wildman–Crippen MR) is 72.6 cm³/mol. The fourth-order valence-electron chi connectivity index (χ4n) is 1.70. The van der Waals surface area contributed by atoms with E-state index in [4.69, 9.17) is 9.47 Å². The number of hydrogen-bond acceptors (Lipinski definition) is 4. The van der Waals surface area contributed by atoms with Gasteiger partial charge in [-0.2, -0.15) is 0 Å². The molecule has 4 heteroatoms. The number of aliphatic hydroxyl groups is 1. The maximum absolute atomic E-state index is 11.1. The summed E-state index contributed by atoms with van der Waals surface area (Å²) in [4.78, 5) is 11.1. The molecule has 1 aromatic carbocycles. The van der Waals surface area contributed by atoms with E-state index < -0.39 is 6.10 Å². The lowest BCUT2D eigenvalue weighted by atomic mass is 10.1. The number of ether oxygens (including phenoxy) is 2. The Bertz CT molecular complexity index is 350. The van der Waals surface area contributed by atoms with Crippen molar-refractivity contribution in [3.05, 3.63) is 35.9 Å². The first-order valence-corrected chi connectivity index (χ1v) is 6.67. The van der Waals surface area contributed by atoms with Gasteiger partial charge in [-0.05, 0) is 25.3 Å². The molecule has 0 aromatic heterocycles. The quantitative estimate of drug-likeness (QED) is 0.550. The third-order valence-electron chi connectivity index (χ3n) is 2.65. The summed E-state index contributed by atoms with van der Waals surface area (Å²) in [6.45, 7) is 3.26. The lowest BCUT2D eigenvalue weighted by molar-refractivity contribution is -0.145. The van der Waals surface area contributed by atoms with Crippen molar-refractivity contribution in [3.63, 3.8) is 0 Å². The molecule has 1 atom stereocenters. The van der Waals surface area contributed by atoms with E-state index in [9.17, 15) is 9.90 Å². The lowest BCUT2D eigenvalue weighted by Crippen LogP contribution is -2.16. The zero-order chi connectivity index (χ0) is 13.9. The highest BCUT2D eigenvalue weighted by Crippen LogP contribution is 2.05. The molecule has 0 bridgehead atoms. The van der Waals surface area contributed by atoms with Crippen molar-refractivity contribution in [1.82, 2.24) is 0 Å². The number of carbonyl (C=O) groups excluding carboxylic acids is 1. The van der Waals surface area contributed by atoms with Gasteiger partial charge in [0.15, 0.2) is 0 Å². The van der Waals surface area contributed by atoms with Gasteiger partial charge in [0.05, 0.1) is 25.7 Å². The predicted octanol–water partition coefficient (Wildman–Crippen LogP) is 2.30. The van der Waals surface area contributed by atoms with Gasteiger partial charge in [0.2, 0.25) is 0 Å². The Morgan fingerprint density at radius 2 is 2.05 bits per heavy atom. The number of carbonyl (C=O) groups is 1. The summed E-state index contributed by atoms with van der Waals surface area (Å²) in [6.07, 6.45) is 0.701. The van der Waals surface area contributed by atoms with Gasteiger partial charge in [0.25, 0.3) is 0 Å². The van der Waals surface area contributed by atoms with Crippen LogP contribution in [0.2, 0.25) is 0 Å². The number of aliphatic hydroxyl groups excluding tert-OH is 1. The van der Waals surface area contributed by atoms with Gasteiger partial charge < -0.3 is 14.6 Å². The molecule has 0 aliphatic carbocycles. The van der Waals surface area contributed by atoms with Crippen LogP contribution in [0, 0.1) is 0 Å². The zero-order valence-corrected chi connectivity index (χ0v) is 11.4. The van der Waals surface area contributed by atoms with E-state index in [1.54, 1.807) is 6.92 Å². The van der Waals surface area contributed by atoms with Crippen LogP contribution in [0.4, 0.5) is 0 Å². The number of esters is 1. The van der Waals surface area contributed by atoms with Crippen LogP contribution in [-0.4, -0.2) is 30.4 Å². The van der Waals surface area contributed by atoms with Crippen LogP contribution in [-0.2, 0) is 20.9 Å². The van der Waals surface area contributed by atoms with E-state index in [1.807, 2.05) is 30.3 Å². The van der Waals surface area contributed by atoms with Crippen LogP contribution in [0.1, 0.15) is 31.7 Å². The smallest absolute Gasteiger partial charge is 0.308 e. The standard InChI is InChI=1S/C15H22O4/c1-2-19-15(17)11-14(16)9-6-10-18-12-13-7-4-3-5-8-13/h3-5,7-8,14,16H,2,6,9-12H2,1H3. The highest BCUT2D eigenvalue weighted by molar-refractivity contribution is 5.69. The van der Waals surface area contributed by atoms with Crippen LogP contribution in [0.5, 0.6) is 0 Å². The maximum Gasteiger partial charge on any atom is 0.308 e. The topological polar surface area (TPSA) is 55.8 Å². The fourth-order valence-corrected chi connectivity index (χ4v) is 1.70. The van der Waals surface area contributed by atoms with Gasteiger partial charge in [-0.25, -0.2) is 0 Å². The van der Waals surface area contributed by atoms with Crippen molar-refractivity contribution < 1.29 is 19.4 Å². The normalized spacial score (nSPS) is 12.1. The highest BCUT2D eigenvalue weighted by Gasteiger charge is 2.10. The Morgan fingerprint density at radius 3 is 2.74 bits per heavy atom. The fraction of sp³-hybridized carbons (Fsp3) is 0.533. The summed E-state index contributed by atoms with van der Waals surface area (Å²) in [5.41, 5.74) is 1.13. The molecule has 0 spiro atoms. The Hall–Kier alpha value is -1.39. The van der Waals surface area contributed by atoms with Gasteiger partial charge in [0.1, 0.15) is 0 Å². The van der Waals surface area contributed by atoms with Gasteiger partial charge >= 0.3 is 5.97 Å². The van der Waals surface area contributed by atoms with E-state index in [-0.39, 0.29) is 12.4 Å². The molecular formula is C15H22O4. The minimum atomic E-state index is -0.639. The van der Waals surface area contributed by atoms with E-state index in [0.29, 0.717) is 26.2 Å². The molecule has 106 valence electrons. The SMILES string of the molecule is CCOC(=O)CC(O)CCCOCc1ccccc1. The van der Waals surface area contributed by atoms with Crippen molar-refractivity contribution in [2.75, 3.05) is 13.2 Å². The van der Waals surface area contributed by atoms with Gasteiger partial charge in [-0.15, -0.1) is 0 Å². The summed E-state index contributed by atoms with van der Waals surface area (Å²) >= 11 is 0. The molecule has 0 saturated carbocycles. The maximum atomic E-state index is 11.1. The molecule has 0 saturated heterocycles. The average Bonchev–Trinajstić information content (AvgIpc) is 2.39. The van der Waals surface area contributed by atoms with Crippen molar-refractivity contribution in [2.24, 2.45) is 0 Å². The summed E-state index contributed by atoms with van der Waals surface area (Å²) in [5.74, 6) is -0.347. The average molecular weight is 266 g/mol. The van der Waals surface area contributed by atoms with Gasteiger partial charge in [0, 0.05) is 6.61 Å². The Labute approximate surface area is 114 Å². The molecule has 0 fully saturated rings. The molecule has 1 aromatic rings. The second kappa shape index (κ2) is 9.53. The number of benzene rings is 1. The summed E-state index contributed by atoms with van der Waals surface area (Å²) in [6, 6.07) is 9.93. The molecular weight excluding hydrogens is 244 g/mol. The third kappa shape index (κ3) is 7.59. The van der Waals surface area contributed by atoms with Crippen molar-refractivity contribution >= 4 is 5.97 Å². The molecule has 0 aliphatic heterocycles. The van der Waals surface area contributed by atoms with Gasteiger partial charge in [-0.1, -0.05) is 30.3 Å². The van der Waals surface area contributed by atoms with Crippen LogP contribution in [0.15, 0.2) is 30.3 Å². The molecule has 0 amide bonds. The summed E-state index contributed by atoms with van der Waals surface area (Å²) < 4.78 is 10.3. The number of hydrogen-bond donors (Lipinski definition) is 1. The molecule has 1 rings (SSSR count). The van der Waals surface area contributed by atoms with Crippen LogP contribution < -0.4 is 0 Å². The van der Waals surface area contributed by atoms with Crippen LogP contribution in [0.25, 0.3) is 0 Å². The summed E-state index contributed by atoms with van der Waals surface area (Å²) in [7, 11) is 0. The Balaban J connectivity index is 2.03. The Kier molecular flexibility index (Phi) is 7.86.